The Morgan fingerprint density at radius 2 is 2.40 bits per heavy atom. The third kappa shape index (κ3) is 2.63. The number of rotatable bonds is 4. The number of aromatic nitrogens is 2. The molecule has 0 aliphatic carbocycles. The lowest BCUT2D eigenvalue weighted by atomic mass is 10.2. The van der Waals surface area contributed by atoms with E-state index in [1.807, 2.05) is 6.07 Å². The van der Waals surface area contributed by atoms with E-state index in [0.717, 1.165) is 17.8 Å². The Kier molecular flexibility index (Phi) is 3.09. The van der Waals surface area contributed by atoms with E-state index in [0.29, 0.717) is 0 Å². The Labute approximate surface area is 88.4 Å². The van der Waals surface area contributed by atoms with Crippen LogP contribution in [0, 0.1) is 0 Å². The maximum Gasteiger partial charge on any atom is 0.0947 e. The molecule has 2 rings (SSSR count). The van der Waals surface area contributed by atoms with Gasteiger partial charge in [0.05, 0.1) is 18.2 Å². The molecule has 1 atom stereocenters. The molecule has 1 unspecified atom stereocenters. The third-order valence-electron chi connectivity index (χ3n) is 2.22. The van der Waals surface area contributed by atoms with E-state index in [1.54, 1.807) is 31.1 Å². The van der Waals surface area contributed by atoms with Gasteiger partial charge >= 0.3 is 0 Å². The van der Waals surface area contributed by atoms with Crippen molar-refractivity contribution in [3.63, 3.8) is 0 Å². The first-order valence-electron chi connectivity index (χ1n) is 4.86. The summed E-state index contributed by atoms with van der Waals surface area (Å²) in [6.45, 7) is 2.83. The Hall–Kier alpha value is -1.68. The minimum Gasteiger partial charge on any atom is -0.472 e. The van der Waals surface area contributed by atoms with Crippen LogP contribution in [0.15, 0.2) is 41.6 Å². The fraction of sp³-hybridized carbons (Fsp3) is 0.273. The van der Waals surface area contributed by atoms with Gasteiger partial charge in [-0.1, -0.05) is 0 Å². The smallest absolute Gasteiger partial charge is 0.0947 e. The molecule has 2 aromatic heterocycles. The summed E-state index contributed by atoms with van der Waals surface area (Å²) >= 11 is 0. The summed E-state index contributed by atoms with van der Waals surface area (Å²) in [7, 11) is 0. The minimum absolute atomic E-state index is 0.189. The molecular weight excluding hydrogens is 190 g/mol. The highest BCUT2D eigenvalue weighted by Crippen LogP contribution is 2.08. The predicted molar refractivity (Wildman–Crippen MR) is 56.0 cm³/mol. The zero-order valence-corrected chi connectivity index (χ0v) is 8.55. The topological polar surface area (TPSA) is 51.0 Å². The van der Waals surface area contributed by atoms with Crippen molar-refractivity contribution in [2.45, 2.75) is 19.5 Å². The van der Waals surface area contributed by atoms with Gasteiger partial charge in [0.2, 0.25) is 0 Å². The fourth-order valence-electron chi connectivity index (χ4n) is 1.30. The first-order chi connectivity index (χ1) is 7.36. The van der Waals surface area contributed by atoms with Crippen LogP contribution in [0.3, 0.4) is 0 Å². The van der Waals surface area contributed by atoms with Gasteiger partial charge in [-0.05, 0) is 13.0 Å². The quantitative estimate of drug-likeness (QED) is 0.824. The highest BCUT2D eigenvalue weighted by atomic mass is 16.3. The molecule has 0 amide bonds. The number of hydrogen-bond acceptors (Lipinski definition) is 4. The summed E-state index contributed by atoms with van der Waals surface area (Å²) < 4.78 is 4.98. The number of furan rings is 1. The van der Waals surface area contributed by atoms with Crippen molar-refractivity contribution < 1.29 is 4.42 Å². The van der Waals surface area contributed by atoms with Crippen LogP contribution in [-0.4, -0.2) is 9.97 Å². The van der Waals surface area contributed by atoms with E-state index in [9.17, 15) is 0 Å². The summed E-state index contributed by atoms with van der Waals surface area (Å²) in [5.41, 5.74) is 2.08. The van der Waals surface area contributed by atoms with Crippen molar-refractivity contribution in [1.82, 2.24) is 15.3 Å². The maximum atomic E-state index is 4.98. The van der Waals surface area contributed by atoms with Gasteiger partial charge in [0.1, 0.15) is 0 Å². The van der Waals surface area contributed by atoms with Crippen molar-refractivity contribution in [2.75, 3.05) is 0 Å². The Morgan fingerprint density at radius 1 is 1.47 bits per heavy atom. The molecule has 0 saturated carbocycles. The Balaban J connectivity index is 1.90. The van der Waals surface area contributed by atoms with Gasteiger partial charge in [-0.15, -0.1) is 0 Å². The average Bonchev–Trinajstić information content (AvgIpc) is 2.80. The molecule has 78 valence electrons. The SMILES string of the molecule is CC(NCc1ccoc1)c1cnccn1. The molecule has 4 heteroatoms. The second kappa shape index (κ2) is 4.70. The molecule has 0 aliphatic heterocycles. The number of hydrogen-bond donors (Lipinski definition) is 1. The van der Waals surface area contributed by atoms with Gasteiger partial charge in [0.15, 0.2) is 0 Å². The molecular formula is C11H13N3O. The molecule has 0 aliphatic rings. The number of nitrogens with zero attached hydrogens (tertiary/aromatic N) is 2. The molecule has 2 heterocycles. The van der Waals surface area contributed by atoms with Crippen molar-refractivity contribution in [1.29, 1.82) is 0 Å². The van der Waals surface area contributed by atoms with Crippen molar-refractivity contribution in [2.24, 2.45) is 0 Å². The second-order valence-electron chi connectivity index (χ2n) is 3.36. The normalized spacial score (nSPS) is 12.6. The molecule has 0 bridgehead atoms. The monoisotopic (exact) mass is 203 g/mol. The van der Waals surface area contributed by atoms with Crippen LogP contribution < -0.4 is 5.32 Å². The molecule has 0 radical (unpaired) electrons. The Morgan fingerprint density at radius 3 is 3.07 bits per heavy atom. The van der Waals surface area contributed by atoms with E-state index in [-0.39, 0.29) is 6.04 Å². The minimum atomic E-state index is 0.189. The third-order valence-corrected chi connectivity index (χ3v) is 2.22. The molecule has 0 saturated heterocycles. The first kappa shape index (κ1) is 9.86. The van der Waals surface area contributed by atoms with E-state index in [1.165, 1.54) is 0 Å². The van der Waals surface area contributed by atoms with E-state index in [4.69, 9.17) is 4.42 Å². The molecule has 0 spiro atoms. The van der Waals surface area contributed by atoms with Crippen LogP contribution in [0.5, 0.6) is 0 Å². The standard InChI is InChI=1S/C11H13N3O/c1-9(11-7-12-3-4-13-11)14-6-10-2-5-15-8-10/h2-5,7-9,14H,6H2,1H3. The van der Waals surface area contributed by atoms with Crippen LogP contribution in [0.25, 0.3) is 0 Å². The Bertz CT molecular complexity index is 385. The zero-order valence-electron chi connectivity index (χ0n) is 8.55. The van der Waals surface area contributed by atoms with E-state index in [2.05, 4.69) is 22.2 Å². The first-order valence-corrected chi connectivity index (χ1v) is 4.86. The van der Waals surface area contributed by atoms with Crippen molar-refractivity contribution in [3.05, 3.63) is 48.4 Å². The molecule has 0 aromatic carbocycles. The summed E-state index contributed by atoms with van der Waals surface area (Å²) in [6.07, 6.45) is 8.55. The molecule has 0 fully saturated rings. The van der Waals surface area contributed by atoms with Crippen LogP contribution in [0.4, 0.5) is 0 Å². The molecule has 2 aromatic rings. The van der Waals surface area contributed by atoms with Gasteiger partial charge in [-0.25, -0.2) is 0 Å². The lowest BCUT2D eigenvalue weighted by molar-refractivity contribution is 0.540. The molecule has 4 nitrogen and oxygen atoms in total. The number of nitrogens with one attached hydrogen (secondary N) is 1. The molecule has 1 N–H and O–H groups in total. The van der Waals surface area contributed by atoms with Gasteiger partial charge in [-0.2, -0.15) is 0 Å². The van der Waals surface area contributed by atoms with E-state index >= 15 is 0 Å². The average molecular weight is 203 g/mol. The van der Waals surface area contributed by atoms with Crippen LogP contribution in [0.2, 0.25) is 0 Å². The van der Waals surface area contributed by atoms with Crippen LogP contribution in [-0.2, 0) is 6.54 Å². The lowest BCUT2D eigenvalue weighted by Gasteiger charge is -2.11. The predicted octanol–water partition coefficient (Wildman–Crippen LogP) is 1.92. The maximum absolute atomic E-state index is 4.98. The van der Waals surface area contributed by atoms with Crippen molar-refractivity contribution >= 4 is 0 Å². The van der Waals surface area contributed by atoms with Crippen LogP contribution in [0.1, 0.15) is 24.2 Å². The highest BCUT2D eigenvalue weighted by molar-refractivity contribution is 5.06. The second-order valence-corrected chi connectivity index (χ2v) is 3.36. The molecule has 15 heavy (non-hydrogen) atoms. The largest absolute Gasteiger partial charge is 0.472 e. The highest BCUT2D eigenvalue weighted by Gasteiger charge is 2.05. The van der Waals surface area contributed by atoms with Crippen molar-refractivity contribution in [3.8, 4) is 0 Å². The summed E-state index contributed by atoms with van der Waals surface area (Å²) in [6, 6.07) is 2.13. The van der Waals surface area contributed by atoms with Gasteiger partial charge in [-0.3, -0.25) is 9.97 Å². The fourth-order valence-corrected chi connectivity index (χ4v) is 1.30. The summed E-state index contributed by atoms with van der Waals surface area (Å²) in [5.74, 6) is 0. The zero-order chi connectivity index (χ0) is 10.5. The lowest BCUT2D eigenvalue weighted by Crippen LogP contribution is -2.18. The van der Waals surface area contributed by atoms with Crippen LogP contribution >= 0.6 is 0 Å². The van der Waals surface area contributed by atoms with E-state index < -0.39 is 0 Å². The van der Waals surface area contributed by atoms with Gasteiger partial charge in [0.25, 0.3) is 0 Å². The summed E-state index contributed by atoms with van der Waals surface area (Å²) in [5, 5.41) is 3.34. The summed E-state index contributed by atoms with van der Waals surface area (Å²) in [4.78, 5) is 8.26. The van der Waals surface area contributed by atoms with Gasteiger partial charge in [0, 0.05) is 36.7 Å². The van der Waals surface area contributed by atoms with Gasteiger partial charge < -0.3 is 9.73 Å².